The van der Waals surface area contributed by atoms with Crippen LogP contribution in [0.15, 0.2) is 54.6 Å². The first-order valence-electron chi connectivity index (χ1n) is 7.97. The van der Waals surface area contributed by atoms with Gasteiger partial charge in [-0.25, -0.2) is 5.21 Å². The molecule has 0 heterocycles. The van der Waals surface area contributed by atoms with Crippen molar-refractivity contribution < 1.29 is 9.85 Å². The summed E-state index contributed by atoms with van der Waals surface area (Å²) in [6.07, 6.45) is 5.33. The first kappa shape index (κ1) is 15.0. The summed E-state index contributed by atoms with van der Waals surface area (Å²) in [6, 6.07) is 17.4. The quantitative estimate of drug-likeness (QED) is 0.668. The largest absolute Gasteiger partial charge is 0.217 e. The molecule has 1 N–H and O–H groups in total. The number of nitrogens with zero attached hydrogens (tertiary/aromatic N) is 1. The molecule has 3 rings (SSSR count). The van der Waals surface area contributed by atoms with Crippen LogP contribution < -0.4 is 0 Å². The van der Waals surface area contributed by atoms with E-state index in [4.69, 9.17) is 0 Å². The molecule has 0 fully saturated rings. The zero-order valence-corrected chi connectivity index (χ0v) is 13.4. The molecule has 0 aliphatic heterocycles. The first-order valence-corrected chi connectivity index (χ1v) is 7.97. The van der Waals surface area contributed by atoms with Gasteiger partial charge in [-0.05, 0) is 40.7 Å². The van der Waals surface area contributed by atoms with Gasteiger partial charge in [0.1, 0.15) is 6.54 Å². The van der Waals surface area contributed by atoms with Gasteiger partial charge in [0.15, 0.2) is 0 Å². The van der Waals surface area contributed by atoms with Crippen molar-refractivity contribution in [2.45, 2.75) is 19.3 Å². The van der Waals surface area contributed by atoms with Crippen LogP contribution in [-0.2, 0) is 12.8 Å². The third-order valence-electron chi connectivity index (χ3n) is 4.30. The van der Waals surface area contributed by atoms with Crippen LogP contribution in [-0.4, -0.2) is 30.5 Å². The van der Waals surface area contributed by atoms with Crippen LogP contribution in [0.2, 0.25) is 0 Å². The molecule has 2 aromatic carbocycles. The monoisotopic (exact) mass is 294 g/mol. The van der Waals surface area contributed by atoms with Gasteiger partial charge >= 0.3 is 0 Å². The topological polar surface area (TPSA) is 20.2 Å². The van der Waals surface area contributed by atoms with Gasteiger partial charge in [0.25, 0.3) is 0 Å². The normalized spacial score (nSPS) is 14.0. The molecule has 114 valence electrons. The average Bonchev–Trinajstić information content (AvgIpc) is 2.64. The van der Waals surface area contributed by atoms with Gasteiger partial charge < -0.3 is 0 Å². The number of aryl methyl sites for hydroxylation is 2. The predicted octanol–water partition coefficient (Wildman–Crippen LogP) is 4.07. The van der Waals surface area contributed by atoms with E-state index in [-0.39, 0.29) is 4.65 Å². The SMILES string of the molecule is C[N+](C)(O)CCC=C1c2ccccc2CCc2ccccc21. The van der Waals surface area contributed by atoms with Gasteiger partial charge in [-0.1, -0.05) is 54.6 Å². The molecule has 2 aromatic rings. The second-order valence-electron chi connectivity index (χ2n) is 6.57. The third kappa shape index (κ3) is 3.29. The van der Waals surface area contributed by atoms with E-state index in [0.29, 0.717) is 6.54 Å². The number of quaternary nitrogens is 1. The Morgan fingerprint density at radius 3 is 1.91 bits per heavy atom. The summed E-state index contributed by atoms with van der Waals surface area (Å²) in [5.74, 6) is 0. The zero-order valence-electron chi connectivity index (χ0n) is 13.4. The lowest BCUT2D eigenvalue weighted by atomic mass is 9.93. The van der Waals surface area contributed by atoms with E-state index in [2.05, 4.69) is 54.6 Å². The second kappa shape index (κ2) is 6.07. The predicted molar refractivity (Wildman–Crippen MR) is 90.7 cm³/mol. The van der Waals surface area contributed by atoms with Gasteiger partial charge in [-0.3, -0.25) is 0 Å². The van der Waals surface area contributed by atoms with Gasteiger partial charge in [0.05, 0.1) is 14.1 Å². The zero-order chi connectivity index (χ0) is 15.6. The Hall–Kier alpha value is -1.90. The molecule has 0 unspecified atom stereocenters. The lowest BCUT2D eigenvalue weighted by Gasteiger charge is -2.19. The summed E-state index contributed by atoms with van der Waals surface area (Å²) < 4.78 is 0.00702. The van der Waals surface area contributed by atoms with E-state index in [1.165, 1.54) is 27.8 Å². The molecular weight excluding hydrogens is 270 g/mol. The van der Waals surface area contributed by atoms with Gasteiger partial charge in [0.2, 0.25) is 0 Å². The van der Waals surface area contributed by atoms with E-state index in [0.717, 1.165) is 19.3 Å². The first-order chi connectivity index (χ1) is 10.5. The van der Waals surface area contributed by atoms with Gasteiger partial charge in [0, 0.05) is 6.42 Å². The van der Waals surface area contributed by atoms with E-state index >= 15 is 0 Å². The average molecular weight is 294 g/mol. The Morgan fingerprint density at radius 2 is 1.41 bits per heavy atom. The molecule has 2 nitrogen and oxygen atoms in total. The summed E-state index contributed by atoms with van der Waals surface area (Å²) in [4.78, 5) is 0. The van der Waals surface area contributed by atoms with Crippen molar-refractivity contribution in [1.82, 2.24) is 0 Å². The highest BCUT2D eigenvalue weighted by Gasteiger charge is 2.17. The van der Waals surface area contributed by atoms with Crippen LogP contribution in [0.1, 0.15) is 28.7 Å². The Morgan fingerprint density at radius 1 is 0.909 bits per heavy atom. The standard InChI is InChI=1S/C20H24NO/c1-21(2,22)15-7-12-20-18-10-5-3-8-16(18)13-14-17-9-4-6-11-19(17)20/h3-6,8-12,22H,7,13-15H2,1-2H3/q+1. The number of rotatable bonds is 3. The van der Waals surface area contributed by atoms with Gasteiger partial charge in [-0.2, -0.15) is 4.65 Å². The van der Waals surface area contributed by atoms with E-state index in [9.17, 15) is 5.21 Å². The number of hydrogen-bond donors (Lipinski definition) is 1. The van der Waals surface area contributed by atoms with Crippen LogP contribution >= 0.6 is 0 Å². The number of hydrogen-bond acceptors (Lipinski definition) is 1. The molecule has 1 aliphatic rings. The Balaban J connectivity index is 2.04. The number of benzene rings is 2. The fraction of sp³-hybridized carbons (Fsp3) is 0.300. The maximum atomic E-state index is 9.90. The molecule has 0 radical (unpaired) electrons. The lowest BCUT2D eigenvalue weighted by Crippen LogP contribution is -2.35. The van der Waals surface area contributed by atoms with Crippen LogP contribution in [0.4, 0.5) is 0 Å². The highest BCUT2D eigenvalue weighted by molar-refractivity contribution is 5.83. The molecule has 22 heavy (non-hydrogen) atoms. The highest BCUT2D eigenvalue weighted by atomic mass is 16.5. The third-order valence-corrected chi connectivity index (χ3v) is 4.30. The van der Waals surface area contributed by atoms with Crippen molar-refractivity contribution >= 4 is 5.57 Å². The Labute approximate surface area is 132 Å². The number of hydroxylamine groups is 3. The van der Waals surface area contributed by atoms with Crippen molar-refractivity contribution in [2.24, 2.45) is 0 Å². The van der Waals surface area contributed by atoms with Gasteiger partial charge in [-0.15, -0.1) is 0 Å². The molecule has 0 bridgehead atoms. The minimum atomic E-state index is 0.00702. The summed E-state index contributed by atoms with van der Waals surface area (Å²) in [7, 11) is 3.63. The molecule has 0 saturated heterocycles. The van der Waals surface area contributed by atoms with Crippen molar-refractivity contribution in [3.05, 3.63) is 76.9 Å². The van der Waals surface area contributed by atoms with Crippen LogP contribution in [0.3, 0.4) is 0 Å². The maximum absolute atomic E-state index is 9.90. The van der Waals surface area contributed by atoms with E-state index in [1.807, 2.05) is 14.1 Å². The molecule has 0 aromatic heterocycles. The second-order valence-corrected chi connectivity index (χ2v) is 6.57. The number of fused-ring (bicyclic) bond motifs is 2. The Bertz CT molecular complexity index is 645. The van der Waals surface area contributed by atoms with Crippen molar-refractivity contribution in [3.8, 4) is 0 Å². The smallest absolute Gasteiger partial charge is 0.112 e. The van der Waals surface area contributed by atoms with Crippen molar-refractivity contribution in [1.29, 1.82) is 0 Å². The fourth-order valence-corrected chi connectivity index (χ4v) is 3.16. The molecule has 0 amide bonds. The minimum absolute atomic E-state index is 0.00702. The molecule has 0 atom stereocenters. The van der Waals surface area contributed by atoms with Crippen LogP contribution in [0.5, 0.6) is 0 Å². The van der Waals surface area contributed by atoms with Crippen LogP contribution in [0, 0.1) is 0 Å². The van der Waals surface area contributed by atoms with E-state index < -0.39 is 0 Å². The summed E-state index contributed by atoms with van der Waals surface area (Å²) in [6.45, 7) is 0.716. The summed E-state index contributed by atoms with van der Waals surface area (Å²) >= 11 is 0. The molecule has 1 aliphatic carbocycles. The molecular formula is C20H24NO+. The minimum Gasteiger partial charge on any atom is -0.217 e. The highest BCUT2D eigenvalue weighted by Crippen LogP contribution is 2.33. The Kier molecular flexibility index (Phi) is 4.14. The van der Waals surface area contributed by atoms with E-state index in [1.54, 1.807) is 0 Å². The maximum Gasteiger partial charge on any atom is 0.112 e. The summed E-state index contributed by atoms with van der Waals surface area (Å²) in [5.41, 5.74) is 6.84. The van der Waals surface area contributed by atoms with Crippen LogP contribution in [0.25, 0.3) is 5.57 Å². The molecule has 0 spiro atoms. The van der Waals surface area contributed by atoms with Crippen molar-refractivity contribution in [3.63, 3.8) is 0 Å². The molecule has 0 saturated carbocycles. The lowest BCUT2D eigenvalue weighted by molar-refractivity contribution is -1.07. The molecule has 2 heteroatoms. The van der Waals surface area contributed by atoms with Crippen molar-refractivity contribution in [2.75, 3.05) is 20.6 Å². The fourth-order valence-electron chi connectivity index (χ4n) is 3.16. The summed E-state index contributed by atoms with van der Waals surface area (Å²) in [5, 5.41) is 9.90.